The number of amides is 1. The fraction of sp³-hybridized carbons (Fsp3) is 0.455. The van der Waals surface area contributed by atoms with E-state index in [2.05, 4.69) is 5.32 Å². The van der Waals surface area contributed by atoms with Crippen molar-refractivity contribution in [1.82, 2.24) is 14.9 Å². The highest BCUT2D eigenvalue weighted by Gasteiger charge is 2.46. The molecular formula is C33H41N3O10. The van der Waals surface area contributed by atoms with Crippen molar-refractivity contribution < 1.29 is 44.0 Å². The Morgan fingerprint density at radius 3 is 2.26 bits per heavy atom. The lowest BCUT2D eigenvalue weighted by Crippen LogP contribution is -2.47. The third kappa shape index (κ3) is 7.53. The first kappa shape index (κ1) is 35.7. The number of carbonyl (C=O) groups is 4. The second-order valence-corrected chi connectivity index (χ2v) is 11.1. The number of benzene rings is 1. The SMILES string of the molecule is CC.CCn1c(-c2ccc3cc(OC(=O)NC(C)(CCC(=O)O)CCC(=O)O)ccc3n2)cc2c(c1=O)COC(=O)C2(CC)CO. The first-order valence-electron chi connectivity index (χ1n) is 15.3. The lowest BCUT2D eigenvalue weighted by molar-refractivity contribution is -0.156. The third-order valence-corrected chi connectivity index (χ3v) is 8.16. The standard InChI is InChI=1S/C31H35N3O10.C2H6/c1-4-31(17-35)21-15-24(34(5-2)27(40)20(21)16-43-28(31)41)23-8-6-18-14-19(7-9-22(18)32-23)44-29(42)33-30(3,12-10-25(36)37)13-11-26(38)39;1-2/h6-9,14-15,35H,4-5,10-13,16-17H2,1-3H3,(H,33,42)(H,36,37)(H,38,39);1-2H3. The molecule has 3 heterocycles. The van der Waals surface area contributed by atoms with Crippen LogP contribution in [-0.2, 0) is 37.7 Å². The second-order valence-electron chi connectivity index (χ2n) is 11.1. The topological polar surface area (TPSA) is 194 Å². The molecule has 0 bridgehead atoms. The van der Waals surface area contributed by atoms with Crippen LogP contribution < -0.4 is 15.6 Å². The molecule has 0 fully saturated rings. The summed E-state index contributed by atoms with van der Waals surface area (Å²) < 4.78 is 12.3. The molecule has 2 aromatic heterocycles. The van der Waals surface area contributed by atoms with Crippen molar-refractivity contribution in [2.45, 2.75) is 90.8 Å². The summed E-state index contributed by atoms with van der Waals surface area (Å²) in [5.74, 6) is -2.55. The van der Waals surface area contributed by atoms with Crippen molar-refractivity contribution in [3.8, 4) is 17.1 Å². The summed E-state index contributed by atoms with van der Waals surface area (Å²) in [5, 5.41) is 31.5. The van der Waals surface area contributed by atoms with Crippen LogP contribution in [0.3, 0.4) is 0 Å². The van der Waals surface area contributed by atoms with Crippen LogP contribution in [0, 0.1) is 0 Å². The van der Waals surface area contributed by atoms with Gasteiger partial charge in [-0.1, -0.05) is 26.8 Å². The Bertz CT molecular complexity index is 1660. The highest BCUT2D eigenvalue weighted by molar-refractivity contribution is 5.87. The molecule has 1 aliphatic heterocycles. The van der Waals surface area contributed by atoms with E-state index in [4.69, 9.17) is 24.7 Å². The smallest absolute Gasteiger partial charge is 0.413 e. The number of aliphatic carboxylic acids is 2. The molecule has 0 radical (unpaired) electrons. The van der Waals surface area contributed by atoms with Crippen molar-refractivity contribution in [3.63, 3.8) is 0 Å². The van der Waals surface area contributed by atoms with Crippen LogP contribution in [0.15, 0.2) is 41.2 Å². The number of nitrogens with zero attached hydrogens (tertiary/aromatic N) is 2. The van der Waals surface area contributed by atoms with Crippen LogP contribution in [0.5, 0.6) is 5.75 Å². The van der Waals surface area contributed by atoms with Gasteiger partial charge in [-0.2, -0.15) is 0 Å². The molecule has 13 nitrogen and oxygen atoms in total. The summed E-state index contributed by atoms with van der Waals surface area (Å²) in [4.78, 5) is 65.8. The van der Waals surface area contributed by atoms with Crippen molar-refractivity contribution >= 4 is 34.9 Å². The highest BCUT2D eigenvalue weighted by Crippen LogP contribution is 2.37. The first-order chi connectivity index (χ1) is 21.9. The summed E-state index contributed by atoms with van der Waals surface area (Å²) >= 11 is 0. The van der Waals surface area contributed by atoms with Gasteiger partial charge < -0.3 is 34.7 Å². The van der Waals surface area contributed by atoms with E-state index in [-0.39, 0.29) is 50.0 Å². The molecule has 0 saturated heterocycles. The van der Waals surface area contributed by atoms with Gasteiger partial charge in [0.05, 0.1) is 29.1 Å². The highest BCUT2D eigenvalue weighted by atomic mass is 16.6. The van der Waals surface area contributed by atoms with Gasteiger partial charge in [-0.3, -0.25) is 19.2 Å². The van der Waals surface area contributed by atoms with Gasteiger partial charge in [0.25, 0.3) is 5.56 Å². The van der Waals surface area contributed by atoms with Gasteiger partial charge in [-0.25, -0.2) is 9.78 Å². The summed E-state index contributed by atoms with van der Waals surface area (Å²) in [6.07, 6.45) is -1.13. The maximum Gasteiger partial charge on any atom is 0.413 e. The average Bonchev–Trinajstić information content (AvgIpc) is 3.03. The van der Waals surface area contributed by atoms with Crippen LogP contribution in [0.25, 0.3) is 22.3 Å². The van der Waals surface area contributed by atoms with Crippen molar-refractivity contribution in [3.05, 3.63) is 57.9 Å². The van der Waals surface area contributed by atoms with Gasteiger partial charge in [0.1, 0.15) is 17.8 Å². The zero-order chi connectivity index (χ0) is 34.2. The maximum atomic E-state index is 13.5. The summed E-state index contributed by atoms with van der Waals surface area (Å²) in [7, 11) is 0. The number of rotatable bonds is 12. The van der Waals surface area contributed by atoms with Crippen molar-refractivity contribution in [1.29, 1.82) is 0 Å². The predicted molar refractivity (Wildman–Crippen MR) is 169 cm³/mol. The van der Waals surface area contributed by atoms with Crippen molar-refractivity contribution in [2.24, 2.45) is 0 Å². The number of esters is 1. The number of fused-ring (bicyclic) bond motifs is 2. The molecular weight excluding hydrogens is 598 g/mol. The number of carboxylic acids is 2. The van der Waals surface area contributed by atoms with E-state index in [0.717, 1.165) is 0 Å². The molecule has 1 amide bonds. The summed E-state index contributed by atoms with van der Waals surface area (Å²) in [5.41, 5.74) is -0.579. The fourth-order valence-corrected chi connectivity index (χ4v) is 5.47. The molecule has 0 saturated carbocycles. The molecule has 4 N–H and O–H groups in total. The van der Waals surface area contributed by atoms with Crippen LogP contribution in [0.2, 0.25) is 0 Å². The van der Waals surface area contributed by atoms with Crippen molar-refractivity contribution in [2.75, 3.05) is 6.61 Å². The van der Waals surface area contributed by atoms with Gasteiger partial charge in [-0.15, -0.1) is 0 Å². The zero-order valence-electron chi connectivity index (χ0n) is 26.7. The Hall–Kier alpha value is -4.78. The van der Waals surface area contributed by atoms with Crippen LogP contribution in [0.1, 0.15) is 77.8 Å². The fourth-order valence-electron chi connectivity index (χ4n) is 5.47. The van der Waals surface area contributed by atoms with E-state index in [9.17, 15) is 29.1 Å². The Morgan fingerprint density at radius 2 is 1.70 bits per heavy atom. The number of carbonyl (C=O) groups excluding carboxylic acids is 2. The molecule has 13 heteroatoms. The molecule has 0 spiro atoms. The van der Waals surface area contributed by atoms with E-state index >= 15 is 0 Å². The molecule has 1 aromatic carbocycles. The van der Waals surface area contributed by atoms with E-state index in [1.165, 1.54) is 10.6 Å². The monoisotopic (exact) mass is 639 g/mol. The lowest BCUT2D eigenvalue weighted by Gasteiger charge is -2.35. The molecule has 46 heavy (non-hydrogen) atoms. The molecule has 1 aliphatic rings. The minimum atomic E-state index is -1.35. The molecule has 1 atom stereocenters. The van der Waals surface area contributed by atoms with Crippen LogP contribution in [0.4, 0.5) is 4.79 Å². The normalized spacial score (nSPS) is 15.7. The van der Waals surface area contributed by atoms with Gasteiger partial charge in [0.2, 0.25) is 0 Å². The minimum Gasteiger partial charge on any atom is -0.481 e. The molecule has 248 valence electrons. The van der Waals surface area contributed by atoms with Gasteiger partial charge in [0, 0.05) is 30.3 Å². The molecule has 0 aliphatic carbocycles. The second kappa shape index (κ2) is 15.0. The van der Waals surface area contributed by atoms with E-state index in [1.54, 1.807) is 44.2 Å². The summed E-state index contributed by atoms with van der Waals surface area (Å²) in [6, 6.07) is 9.90. The number of pyridine rings is 2. The number of aliphatic hydroxyl groups is 1. The van der Waals surface area contributed by atoms with Crippen LogP contribution >= 0.6 is 0 Å². The zero-order valence-corrected chi connectivity index (χ0v) is 26.7. The number of hydrogen-bond donors (Lipinski definition) is 4. The molecule has 3 aromatic rings. The third-order valence-electron chi connectivity index (χ3n) is 8.16. The number of aromatic nitrogens is 2. The van der Waals surface area contributed by atoms with E-state index < -0.39 is 41.6 Å². The van der Waals surface area contributed by atoms with Gasteiger partial charge >= 0.3 is 24.0 Å². The van der Waals surface area contributed by atoms with E-state index in [1.807, 2.05) is 20.8 Å². The Labute approximate surface area is 266 Å². The number of aliphatic hydroxyl groups excluding tert-OH is 1. The number of nitrogens with one attached hydrogen (secondary N) is 1. The summed E-state index contributed by atoms with van der Waals surface area (Å²) in [6.45, 7) is 8.77. The molecule has 1 unspecified atom stereocenters. The van der Waals surface area contributed by atoms with E-state index in [0.29, 0.717) is 40.0 Å². The number of carboxylic acid groups (broad SMARTS) is 2. The Kier molecular flexibility index (Phi) is 11.6. The Morgan fingerprint density at radius 1 is 1.04 bits per heavy atom. The maximum absolute atomic E-state index is 13.5. The number of hydrogen-bond acceptors (Lipinski definition) is 9. The van der Waals surface area contributed by atoms with Gasteiger partial charge in [-0.05, 0) is 69.0 Å². The minimum absolute atomic E-state index is 0.0134. The first-order valence-corrected chi connectivity index (χ1v) is 15.3. The number of ether oxygens (including phenoxy) is 2. The van der Waals surface area contributed by atoms with Crippen LogP contribution in [-0.4, -0.2) is 61.0 Å². The largest absolute Gasteiger partial charge is 0.481 e. The quantitative estimate of drug-likeness (QED) is 0.205. The Balaban J connectivity index is 0.00000282. The average molecular weight is 640 g/mol. The van der Waals surface area contributed by atoms with Gasteiger partial charge in [0.15, 0.2) is 0 Å². The number of cyclic esters (lactones) is 1. The molecule has 4 rings (SSSR count). The predicted octanol–water partition coefficient (Wildman–Crippen LogP) is 4.38. The lowest BCUT2D eigenvalue weighted by atomic mass is 9.75.